The van der Waals surface area contributed by atoms with Crippen LogP contribution in [0.4, 0.5) is 34.1 Å². The summed E-state index contributed by atoms with van der Waals surface area (Å²) in [5, 5.41) is 4.63. The predicted octanol–water partition coefficient (Wildman–Crippen LogP) is 12.7. The number of para-hydroxylation sites is 2. The molecule has 51 heavy (non-hydrogen) atoms. The van der Waals surface area contributed by atoms with Gasteiger partial charge in [-0.25, -0.2) is 8.42 Å². The first-order valence-corrected chi connectivity index (χ1v) is 19.9. The van der Waals surface area contributed by atoms with Gasteiger partial charge < -0.3 is 9.80 Å². The molecule has 0 saturated heterocycles. The van der Waals surface area contributed by atoms with E-state index in [9.17, 15) is 8.42 Å². The molecule has 0 radical (unpaired) electrons. The zero-order valence-electron chi connectivity index (χ0n) is 26.9. The molecule has 0 atom stereocenters. The SMILES string of the molecule is O=S1(=O)c2ccc(N3c4ccccc4Sc4ccc5ccccc5c43)cc2-c2cc(N3c4ccccc4Sc4ccc5ccccc5c43)ccc21. The number of nitrogens with zero attached hydrogens (tertiary/aromatic N) is 2. The van der Waals surface area contributed by atoms with Crippen molar-refractivity contribution in [2.75, 3.05) is 9.80 Å². The summed E-state index contributed by atoms with van der Waals surface area (Å²) in [4.78, 5) is 9.93. The molecular weight excluding hydrogens is 685 g/mol. The van der Waals surface area contributed by atoms with Gasteiger partial charge in [-0.05, 0) is 83.6 Å². The van der Waals surface area contributed by atoms with Gasteiger partial charge in [0.25, 0.3) is 0 Å². The number of fused-ring (bicyclic) bond motifs is 11. The molecule has 0 bridgehead atoms. The lowest BCUT2D eigenvalue weighted by Gasteiger charge is -2.34. The smallest absolute Gasteiger partial charge is 0.207 e. The number of rotatable bonds is 2. The van der Waals surface area contributed by atoms with Gasteiger partial charge in [0.2, 0.25) is 9.84 Å². The van der Waals surface area contributed by atoms with Crippen LogP contribution in [0.5, 0.6) is 0 Å². The van der Waals surface area contributed by atoms with Gasteiger partial charge in [0, 0.05) is 52.9 Å². The summed E-state index contributed by atoms with van der Waals surface area (Å²) in [5.74, 6) is 0. The summed E-state index contributed by atoms with van der Waals surface area (Å²) in [7, 11) is -3.72. The molecule has 0 saturated carbocycles. The lowest BCUT2D eigenvalue weighted by molar-refractivity contribution is 0.598. The second-order valence-corrected chi connectivity index (χ2v) is 17.0. The maximum absolute atomic E-state index is 14.2. The van der Waals surface area contributed by atoms with Gasteiger partial charge in [0.05, 0.1) is 32.5 Å². The Kier molecular flexibility index (Phi) is 6.18. The van der Waals surface area contributed by atoms with E-state index in [2.05, 4.69) is 143 Å². The molecule has 4 nitrogen and oxygen atoms in total. The van der Waals surface area contributed by atoms with E-state index in [4.69, 9.17) is 0 Å². The quantitative estimate of drug-likeness (QED) is 0.178. The maximum atomic E-state index is 14.2. The Balaban J connectivity index is 1.14. The zero-order chi connectivity index (χ0) is 33.8. The van der Waals surface area contributed by atoms with Crippen molar-refractivity contribution in [1.82, 2.24) is 0 Å². The van der Waals surface area contributed by atoms with Crippen molar-refractivity contribution >= 4 is 89.0 Å². The molecule has 0 aromatic heterocycles. The van der Waals surface area contributed by atoms with Crippen LogP contribution in [0.15, 0.2) is 187 Å². The molecule has 8 aromatic carbocycles. The second-order valence-electron chi connectivity index (χ2n) is 12.9. The Morgan fingerprint density at radius 2 is 0.843 bits per heavy atom. The largest absolute Gasteiger partial charge is 0.308 e. The van der Waals surface area contributed by atoms with Crippen molar-refractivity contribution in [1.29, 1.82) is 0 Å². The molecule has 3 aliphatic heterocycles. The van der Waals surface area contributed by atoms with Gasteiger partial charge in [0.15, 0.2) is 0 Å². The minimum Gasteiger partial charge on any atom is -0.308 e. The normalized spacial score (nSPS) is 14.7. The van der Waals surface area contributed by atoms with Crippen molar-refractivity contribution in [3.05, 3.63) is 158 Å². The number of anilines is 6. The molecule has 11 rings (SSSR count). The second kappa shape index (κ2) is 10.8. The lowest BCUT2D eigenvalue weighted by Crippen LogP contribution is -2.15. The van der Waals surface area contributed by atoms with Crippen molar-refractivity contribution in [3.8, 4) is 11.1 Å². The van der Waals surface area contributed by atoms with Crippen LogP contribution in [0, 0.1) is 0 Å². The molecule has 3 heterocycles. The Morgan fingerprint density at radius 3 is 1.33 bits per heavy atom. The molecule has 0 N–H and O–H groups in total. The fourth-order valence-corrected chi connectivity index (χ4v) is 11.7. The topological polar surface area (TPSA) is 40.6 Å². The van der Waals surface area contributed by atoms with E-state index in [1.807, 2.05) is 12.1 Å². The van der Waals surface area contributed by atoms with Gasteiger partial charge in [-0.15, -0.1) is 0 Å². The molecule has 0 fully saturated rings. The van der Waals surface area contributed by atoms with Gasteiger partial charge in [-0.1, -0.05) is 108 Å². The minimum atomic E-state index is -3.72. The van der Waals surface area contributed by atoms with Crippen LogP contribution in [0.25, 0.3) is 32.7 Å². The number of sulfone groups is 1. The molecule has 242 valence electrons. The lowest BCUT2D eigenvalue weighted by atomic mass is 10.0. The monoisotopic (exact) mass is 710 g/mol. The van der Waals surface area contributed by atoms with E-state index in [0.29, 0.717) is 9.79 Å². The van der Waals surface area contributed by atoms with E-state index < -0.39 is 9.84 Å². The van der Waals surface area contributed by atoms with Crippen LogP contribution in [0.1, 0.15) is 0 Å². The Hall–Kier alpha value is -5.47. The summed E-state index contributed by atoms with van der Waals surface area (Å²) in [6.07, 6.45) is 0. The van der Waals surface area contributed by atoms with Crippen LogP contribution >= 0.6 is 23.5 Å². The molecule has 0 amide bonds. The van der Waals surface area contributed by atoms with Crippen molar-refractivity contribution in [3.63, 3.8) is 0 Å². The van der Waals surface area contributed by atoms with Crippen LogP contribution in [0.2, 0.25) is 0 Å². The molecule has 8 aromatic rings. The fourth-order valence-electron chi connectivity index (χ4n) is 7.89. The van der Waals surface area contributed by atoms with Gasteiger partial charge >= 0.3 is 0 Å². The van der Waals surface area contributed by atoms with Gasteiger partial charge in [0.1, 0.15) is 0 Å². The van der Waals surface area contributed by atoms with Crippen LogP contribution < -0.4 is 9.80 Å². The third kappa shape index (κ3) is 4.20. The molecule has 7 heteroatoms. The van der Waals surface area contributed by atoms with E-state index in [0.717, 1.165) is 86.4 Å². The highest BCUT2D eigenvalue weighted by Crippen LogP contribution is 2.57. The van der Waals surface area contributed by atoms with E-state index in [-0.39, 0.29) is 0 Å². The fraction of sp³-hybridized carbons (Fsp3) is 0. The first kappa shape index (κ1) is 29.3. The van der Waals surface area contributed by atoms with Crippen LogP contribution in [-0.4, -0.2) is 8.42 Å². The minimum absolute atomic E-state index is 0.344. The summed E-state index contributed by atoms with van der Waals surface area (Å²) < 4.78 is 28.3. The molecule has 0 spiro atoms. The van der Waals surface area contributed by atoms with Crippen LogP contribution in [-0.2, 0) is 9.84 Å². The Morgan fingerprint density at radius 1 is 0.412 bits per heavy atom. The van der Waals surface area contributed by atoms with Crippen molar-refractivity contribution in [2.45, 2.75) is 29.4 Å². The molecule has 0 unspecified atom stereocenters. The Labute approximate surface area is 303 Å². The van der Waals surface area contributed by atoms with Crippen molar-refractivity contribution < 1.29 is 8.42 Å². The van der Waals surface area contributed by atoms with Gasteiger partial charge in [-0.2, -0.15) is 0 Å². The average Bonchev–Trinajstić information content (AvgIpc) is 3.40. The van der Waals surface area contributed by atoms with Crippen molar-refractivity contribution in [2.24, 2.45) is 0 Å². The highest BCUT2D eigenvalue weighted by Gasteiger charge is 2.36. The molecule has 0 aliphatic carbocycles. The maximum Gasteiger partial charge on any atom is 0.207 e. The van der Waals surface area contributed by atoms with E-state index in [1.165, 1.54) is 0 Å². The van der Waals surface area contributed by atoms with Gasteiger partial charge in [-0.3, -0.25) is 0 Å². The summed E-state index contributed by atoms with van der Waals surface area (Å²) >= 11 is 3.54. The number of benzene rings is 8. The highest BCUT2D eigenvalue weighted by molar-refractivity contribution is 8.00. The number of hydrogen-bond acceptors (Lipinski definition) is 6. The average molecular weight is 711 g/mol. The molecule has 3 aliphatic rings. The summed E-state index contributed by atoms with van der Waals surface area (Å²) in [5.41, 5.74) is 7.65. The first-order chi connectivity index (χ1) is 25.0. The predicted molar refractivity (Wildman–Crippen MR) is 210 cm³/mol. The zero-order valence-corrected chi connectivity index (χ0v) is 29.4. The standard InChI is InChI=1S/C44H26N2O2S3/c47-51(48)41-23-19-29(45-35-13-5-7-15-37(35)49-39-21-17-27-9-1-3-11-31(27)43(39)45)25-33(41)34-26-30(20-24-42(34)51)46-36-14-6-8-16-38(36)50-40-22-18-28-10-2-4-12-32(28)44(40)46/h1-26H. The first-order valence-electron chi connectivity index (χ1n) is 16.8. The summed E-state index contributed by atoms with van der Waals surface area (Å²) in [6.45, 7) is 0. The summed E-state index contributed by atoms with van der Waals surface area (Å²) in [6, 6.07) is 54.2. The van der Waals surface area contributed by atoms with E-state index in [1.54, 1.807) is 35.7 Å². The highest BCUT2D eigenvalue weighted by atomic mass is 32.2. The van der Waals surface area contributed by atoms with Crippen LogP contribution in [0.3, 0.4) is 0 Å². The molecular formula is C44H26N2O2S3. The third-order valence-electron chi connectivity index (χ3n) is 10.1. The van der Waals surface area contributed by atoms with E-state index >= 15 is 0 Å². The number of hydrogen-bond donors (Lipinski definition) is 0. The third-order valence-corrected chi connectivity index (χ3v) is 14.2. The Bertz CT molecular complexity index is 2730.